The fourth-order valence-corrected chi connectivity index (χ4v) is 9.19. The maximum atomic E-state index is 13.6. The molecule has 6 amide bonds. The molecule has 4 aromatic rings. The fourth-order valence-electron chi connectivity index (χ4n) is 6.95. The van der Waals surface area contributed by atoms with Gasteiger partial charge in [0.15, 0.2) is 21.7 Å². The number of anilines is 2. The van der Waals surface area contributed by atoms with E-state index in [9.17, 15) is 51.3 Å². The molecule has 2 aliphatic rings. The Morgan fingerprint density at radius 1 is 0.616 bits per heavy atom. The van der Waals surface area contributed by atoms with Crippen LogP contribution >= 0.6 is 22.7 Å². The Labute approximate surface area is 503 Å². The minimum absolute atomic E-state index is 0.0166. The number of rotatable bonds is 19. The lowest BCUT2D eigenvalue weighted by molar-refractivity contribution is -0.180. The Balaban J connectivity index is 0.000000315. The molecule has 0 spiro atoms. The van der Waals surface area contributed by atoms with E-state index in [0.29, 0.717) is 11.6 Å². The number of β-lactam (4-membered cyclic amide) rings is 2. The van der Waals surface area contributed by atoms with Crippen LogP contribution in [0.5, 0.6) is 0 Å². The maximum absolute atomic E-state index is 13.6. The molecular weight excluding hydrogens is 1190 g/mol. The van der Waals surface area contributed by atoms with Gasteiger partial charge in [-0.2, -0.15) is 18.6 Å². The number of hydrogen-bond donors (Lipinski definition) is 6. The molecule has 33 nitrogen and oxygen atoms in total. The highest BCUT2D eigenvalue weighted by Gasteiger charge is 2.55. The van der Waals surface area contributed by atoms with Crippen molar-refractivity contribution in [2.75, 3.05) is 10.6 Å². The molecular formula is C50H72N16O17S3. The molecule has 36 heteroatoms. The average molecular weight is 1270 g/mol. The van der Waals surface area contributed by atoms with Gasteiger partial charge in [-0.3, -0.25) is 34.4 Å². The number of aryl methyl sites for hydroxylation is 2. The number of aromatic nitrogens is 8. The second kappa shape index (κ2) is 26.2. The summed E-state index contributed by atoms with van der Waals surface area (Å²) in [4.78, 5) is 129. The van der Waals surface area contributed by atoms with Crippen molar-refractivity contribution in [2.24, 2.45) is 10.3 Å². The molecule has 0 saturated carbocycles. The standard InChI is InChI=1S/C25H36N8O10S2.C25H36N8O7S/c1-13-26-12-27-32(13)10-15-17(19(35)33(15)45(38,39)40)29-18(34)16(31-43-25(8,9)20(36)41-23(2,3)4)14-11-44-21(28-14)30-22(37)42-24(5,6)7;1-13-26-12-27-33(13)10-14-16(18(34)28-14)30-19(35)17(32-40-25(8,9)20(36)38-23(2,3)4)15-11-41-21(29-15)31-22(37)39-24(5,6)7/h11-12,15,17H,10H2,1-9H3,(H,29,34)(H,28,30,37)(H,38,39,40);11-12,14,16H,10H2,1-9H3,(H,28,34)(H,30,35)(H,29,31,37)/b31-16-;32-17-/t15-,17+;14-,16+/m11/s1. The minimum Gasteiger partial charge on any atom is -0.457 e. The molecule has 2 aliphatic heterocycles. The number of nitrogens with zero attached hydrogens (tertiary/aromatic N) is 11. The number of esters is 2. The first-order chi connectivity index (χ1) is 39.3. The summed E-state index contributed by atoms with van der Waals surface area (Å²) in [5, 5.41) is 31.6. The molecule has 0 aliphatic carbocycles. The van der Waals surface area contributed by atoms with Crippen molar-refractivity contribution in [3.05, 3.63) is 46.5 Å². The molecule has 6 rings (SSSR count). The van der Waals surface area contributed by atoms with Gasteiger partial charge in [-0.1, -0.05) is 10.3 Å². The van der Waals surface area contributed by atoms with Gasteiger partial charge < -0.3 is 44.6 Å². The molecule has 0 radical (unpaired) electrons. The lowest BCUT2D eigenvalue weighted by Crippen LogP contribution is -2.73. The average Bonchev–Trinajstić information content (AvgIpc) is 1.01. The first-order valence-electron chi connectivity index (χ1n) is 26.2. The molecule has 2 fully saturated rings. The van der Waals surface area contributed by atoms with Gasteiger partial charge in [0.2, 0.25) is 17.1 Å². The number of carbonyl (C=O) groups excluding carboxylic acids is 8. The highest BCUT2D eigenvalue weighted by Crippen LogP contribution is 2.28. The van der Waals surface area contributed by atoms with E-state index in [0.717, 1.165) is 22.7 Å². The Bertz CT molecular complexity index is 3370. The van der Waals surface area contributed by atoms with Crippen molar-refractivity contribution in [3.8, 4) is 0 Å². The van der Waals surface area contributed by atoms with E-state index in [1.807, 2.05) is 0 Å². The summed E-state index contributed by atoms with van der Waals surface area (Å²) in [6.07, 6.45) is 1.05. The molecule has 0 aromatic carbocycles. The van der Waals surface area contributed by atoms with Crippen LogP contribution in [-0.2, 0) is 80.8 Å². The summed E-state index contributed by atoms with van der Waals surface area (Å²) in [6, 6.07) is -4.14. The first kappa shape index (κ1) is 68.5. The Hall–Kier alpha value is -8.25. The molecule has 472 valence electrons. The number of oxime groups is 2. The second-order valence-electron chi connectivity index (χ2n) is 24.1. The minimum atomic E-state index is -5.00. The molecule has 0 bridgehead atoms. The van der Waals surface area contributed by atoms with Gasteiger partial charge in [-0.25, -0.2) is 52.8 Å². The lowest BCUT2D eigenvalue weighted by Gasteiger charge is -2.44. The summed E-state index contributed by atoms with van der Waals surface area (Å²) in [5.74, 6) is -3.87. The van der Waals surface area contributed by atoms with Crippen LogP contribution in [-0.4, -0.2) is 174 Å². The van der Waals surface area contributed by atoms with Gasteiger partial charge in [-0.05, 0) is 125 Å². The molecule has 4 aromatic heterocycles. The summed E-state index contributed by atoms with van der Waals surface area (Å²) in [7, 11) is -5.00. The van der Waals surface area contributed by atoms with Gasteiger partial charge >= 0.3 is 34.4 Å². The van der Waals surface area contributed by atoms with Crippen LogP contribution in [0.1, 0.15) is 134 Å². The van der Waals surface area contributed by atoms with Crippen LogP contribution < -0.4 is 26.6 Å². The Morgan fingerprint density at radius 2 is 1.00 bits per heavy atom. The topological polar surface area (TPSA) is 422 Å². The summed E-state index contributed by atoms with van der Waals surface area (Å²) < 4.78 is 57.8. The first-order valence-corrected chi connectivity index (χ1v) is 29.3. The molecule has 6 heterocycles. The molecule has 4 atom stereocenters. The number of thiazole rings is 2. The van der Waals surface area contributed by atoms with E-state index in [1.165, 1.54) is 55.8 Å². The van der Waals surface area contributed by atoms with Gasteiger partial charge in [-0.15, -0.1) is 22.7 Å². The van der Waals surface area contributed by atoms with Crippen LogP contribution in [0.2, 0.25) is 0 Å². The van der Waals surface area contributed by atoms with E-state index < -0.39 is 122 Å². The lowest BCUT2D eigenvalue weighted by atomic mass is 9.98. The van der Waals surface area contributed by atoms with Crippen LogP contribution in [0.3, 0.4) is 0 Å². The summed E-state index contributed by atoms with van der Waals surface area (Å²) in [6.45, 7) is 29.2. The van der Waals surface area contributed by atoms with Crippen LogP contribution in [0.4, 0.5) is 19.9 Å². The molecule has 86 heavy (non-hydrogen) atoms. The van der Waals surface area contributed by atoms with E-state index in [2.05, 4.69) is 67.0 Å². The number of nitrogens with one attached hydrogen (secondary N) is 5. The SMILES string of the molecule is Cc1ncnn1C[C@@H]1[C@H](NC(=O)/C(=N\OC(C)(C)C(=O)OC(C)(C)C)c2csc(NC(=O)OC(C)(C)C)n2)C(=O)N1S(=O)(=O)O.Cc1ncnn1C[C@H]1NC(=O)[C@H]1NC(=O)/C(=N\OC(C)(C)C(=O)OC(C)(C)C)c1csc(NC(=O)OC(C)(C)C)n1. The van der Waals surface area contributed by atoms with Crippen molar-refractivity contribution in [3.63, 3.8) is 0 Å². The normalized spacial score (nSPS) is 17.7. The van der Waals surface area contributed by atoms with Crippen molar-refractivity contribution < 1.29 is 79.9 Å². The quantitative estimate of drug-likeness (QED) is 0.0196. The highest BCUT2D eigenvalue weighted by atomic mass is 32.2. The van der Waals surface area contributed by atoms with Gasteiger partial charge in [0, 0.05) is 10.8 Å². The molecule has 0 unspecified atom stereocenters. The van der Waals surface area contributed by atoms with E-state index in [-0.39, 0.29) is 44.8 Å². The fraction of sp³-hybridized carbons (Fsp3) is 0.600. The Kier molecular flexibility index (Phi) is 20.8. The number of amides is 6. The predicted octanol–water partition coefficient (Wildman–Crippen LogP) is 3.34. The van der Waals surface area contributed by atoms with E-state index >= 15 is 0 Å². The third-order valence-corrected chi connectivity index (χ3v) is 13.5. The second-order valence-corrected chi connectivity index (χ2v) is 27.1. The highest BCUT2D eigenvalue weighted by molar-refractivity contribution is 7.84. The van der Waals surface area contributed by atoms with Crippen LogP contribution in [0.15, 0.2) is 33.7 Å². The monoisotopic (exact) mass is 1260 g/mol. The van der Waals surface area contributed by atoms with Crippen LogP contribution in [0, 0.1) is 13.8 Å². The van der Waals surface area contributed by atoms with Crippen LogP contribution in [0.25, 0.3) is 0 Å². The maximum Gasteiger partial charge on any atom is 0.413 e. The van der Waals surface area contributed by atoms with E-state index in [4.69, 9.17) is 28.6 Å². The smallest absolute Gasteiger partial charge is 0.413 e. The van der Waals surface area contributed by atoms with Crippen molar-refractivity contribution >= 4 is 102 Å². The van der Waals surface area contributed by atoms with Crippen molar-refractivity contribution in [1.29, 1.82) is 0 Å². The third-order valence-electron chi connectivity index (χ3n) is 11.0. The van der Waals surface area contributed by atoms with Crippen molar-refractivity contribution in [1.82, 2.24) is 59.8 Å². The van der Waals surface area contributed by atoms with Gasteiger partial charge in [0.1, 0.15) is 70.2 Å². The zero-order valence-electron chi connectivity index (χ0n) is 50.7. The molecule has 2 saturated heterocycles. The number of ether oxygens (including phenoxy) is 4. The number of carbonyl (C=O) groups is 8. The summed E-state index contributed by atoms with van der Waals surface area (Å²) in [5.41, 5.74) is -7.42. The predicted molar refractivity (Wildman–Crippen MR) is 307 cm³/mol. The third kappa shape index (κ3) is 19.4. The van der Waals surface area contributed by atoms with E-state index in [1.54, 1.807) is 102 Å². The Morgan fingerprint density at radius 3 is 1.35 bits per heavy atom. The largest absolute Gasteiger partial charge is 0.457 e. The van der Waals surface area contributed by atoms with Gasteiger partial charge in [0.05, 0.1) is 25.2 Å². The van der Waals surface area contributed by atoms with Crippen molar-refractivity contribution in [2.45, 2.75) is 195 Å². The number of hydrogen-bond acceptors (Lipinski definition) is 26. The molecule has 6 N–H and O–H groups in total. The van der Waals surface area contributed by atoms with Gasteiger partial charge in [0.25, 0.3) is 17.7 Å². The summed E-state index contributed by atoms with van der Waals surface area (Å²) >= 11 is 1.92. The zero-order valence-corrected chi connectivity index (χ0v) is 53.1. The zero-order chi connectivity index (χ0) is 64.9.